The summed E-state index contributed by atoms with van der Waals surface area (Å²) in [7, 11) is 1.17. The molecule has 1 fully saturated rings. The monoisotopic (exact) mass is 216 g/mol. The molecule has 1 heterocycles. The fourth-order valence-corrected chi connectivity index (χ4v) is 0.742. The highest BCUT2D eigenvalue weighted by Crippen LogP contribution is 2.07. The summed E-state index contributed by atoms with van der Waals surface area (Å²) in [6.07, 6.45) is -0.213. The first-order valence-corrected chi connectivity index (χ1v) is 3.92. The number of methoxy groups -OCH3 is 1. The summed E-state index contributed by atoms with van der Waals surface area (Å²) in [6, 6.07) is 0. The maximum Gasteiger partial charge on any atom is 0.511 e. The highest BCUT2D eigenvalue weighted by molar-refractivity contribution is 5.91. The summed E-state index contributed by atoms with van der Waals surface area (Å²) < 4.78 is 17.6. The number of esters is 2. The largest absolute Gasteiger partial charge is 0.511 e. The van der Waals surface area contributed by atoms with E-state index >= 15 is 0 Å². The molecule has 0 spiro atoms. The second-order valence-corrected chi connectivity index (χ2v) is 2.40. The highest BCUT2D eigenvalue weighted by Gasteiger charge is 2.27. The minimum Gasteiger partial charge on any atom is -0.466 e. The van der Waals surface area contributed by atoms with Gasteiger partial charge in [-0.2, -0.15) is 0 Å². The molecule has 1 rings (SSSR count). The number of carbonyl (C=O) groups excluding carboxylic acids is 3. The van der Waals surface area contributed by atoms with Crippen LogP contribution in [-0.2, 0) is 28.5 Å². The van der Waals surface area contributed by atoms with E-state index in [9.17, 15) is 14.4 Å². The lowest BCUT2D eigenvalue weighted by molar-refractivity contribution is -0.157. The zero-order valence-corrected chi connectivity index (χ0v) is 7.80. The Hall–Kier alpha value is -2.05. The van der Waals surface area contributed by atoms with Crippen molar-refractivity contribution in [2.24, 2.45) is 0 Å². The number of carbonyl (C=O) groups is 3. The Labute approximate surface area is 84.5 Å². The molecule has 1 saturated heterocycles. The average molecular weight is 216 g/mol. The third-order valence-corrected chi connectivity index (χ3v) is 1.37. The Morgan fingerprint density at radius 2 is 2.07 bits per heavy atom. The Bertz CT molecular complexity index is 306. The molecule has 0 bridgehead atoms. The van der Waals surface area contributed by atoms with E-state index in [0.29, 0.717) is 0 Å². The standard InChI is InChI=1S/C8H8O7/c1-12-5(9)2-3-6(10)14-7-4-13-8(11)15-7/h2-3,7H,4H2,1H3/b3-2-. The molecule has 1 aliphatic rings. The van der Waals surface area contributed by atoms with Gasteiger partial charge in [-0.15, -0.1) is 0 Å². The van der Waals surface area contributed by atoms with Crippen LogP contribution in [0.4, 0.5) is 4.79 Å². The van der Waals surface area contributed by atoms with Crippen LogP contribution in [0.2, 0.25) is 0 Å². The second kappa shape index (κ2) is 4.99. The molecule has 0 saturated carbocycles. The Balaban J connectivity index is 2.33. The number of hydrogen-bond acceptors (Lipinski definition) is 7. The molecule has 0 aromatic heterocycles. The molecule has 1 aliphatic heterocycles. The van der Waals surface area contributed by atoms with Crippen molar-refractivity contribution >= 4 is 18.1 Å². The lowest BCUT2D eigenvalue weighted by Gasteiger charge is -2.04. The lowest BCUT2D eigenvalue weighted by atomic mass is 10.5. The third kappa shape index (κ3) is 3.67. The molecule has 82 valence electrons. The van der Waals surface area contributed by atoms with Gasteiger partial charge in [-0.05, 0) is 0 Å². The van der Waals surface area contributed by atoms with Gasteiger partial charge in [-0.25, -0.2) is 14.4 Å². The fraction of sp³-hybridized carbons (Fsp3) is 0.375. The van der Waals surface area contributed by atoms with Crippen molar-refractivity contribution in [2.45, 2.75) is 6.29 Å². The topological polar surface area (TPSA) is 88.1 Å². The van der Waals surface area contributed by atoms with Crippen LogP contribution in [0, 0.1) is 0 Å². The van der Waals surface area contributed by atoms with Crippen LogP contribution in [-0.4, -0.2) is 38.1 Å². The van der Waals surface area contributed by atoms with E-state index in [0.717, 1.165) is 12.2 Å². The zero-order valence-electron chi connectivity index (χ0n) is 7.80. The molecule has 1 atom stereocenters. The fourth-order valence-electron chi connectivity index (χ4n) is 0.742. The molecule has 0 N–H and O–H groups in total. The van der Waals surface area contributed by atoms with Gasteiger partial charge in [0.1, 0.15) is 0 Å². The summed E-state index contributed by atoms with van der Waals surface area (Å²) in [4.78, 5) is 32.0. The van der Waals surface area contributed by atoms with Crippen molar-refractivity contribution < 1.29 is 33.3 Å². The molecular formula is C8H8O7. The van der Waals surface area contributed by atoms with E-state index in [4.69, 9.17) is 0 Å². The van der Waals surface area contributed by atoms with E-state index in [1.165, 1.54) is 7.11 Å². The second-order valence-electron chi connectivity index (χ2n) is 2.40. The van der Waals surface area contributed by atoms with Crippen LogP contribution in [0.15, 0.2) is 12.2 Å². The molecule has 0 aliphatic carbocycles. The van der Waals surface area contributed by atoms with Crippen LogP contribution in [0.5, 0.6) is 0 Å². The SMILES string of the molecule is COC(=O)/C=C\C(=O)OC1COC(=O)O1. The smallest absolute Gasteiger partial charge is 0.466 e. The highest BCUT2D eigenvalue weighted by atomic mass is 16.8. The van der Waals surface area contributed by atoms with E-state index in [-0.39, 0.29) is 6.61 Å². The van der Waals surface area contributed by atoms with E-state index in [1.54, 1.807) is 0 Å². The van der Waals surface area contributed by atoms with E-state index < -0.39 is 24.4 Å². The van der Waals surface area contributed by atoms with Crippen molar-refractivity contribution in [2.75, 3.05) is 13.7 Å². The summed E-state index contributed by atoms with van der Waals surface area (Å²) in [5, 5.41) is 0. The van der Waals surface area contributed by atoms with Crippen molar-refractivity contribution in [3.05, 3.63) is 12.2 Å². The van der Waals surface area contributed by atoms with E-state index in [1.807, 2.05) is 0 Å². The molecule has 7 nitrogen and oxygen atoms in total. The Kier molecular flexibility index (Phi) is 3.67. The van der Waals surface area contributed by atoms with Gasteiger partial charge in [0.2, 0.25) is 0 Å². The van der Waals surface area contributed by atoms with Gasteiger partial charge >= 0.3 is 18.1 Å². The lowest BCUT2D eigenvalue weighted by Crippen LogP contribution is -2.18. The molecule has 0 aromatic rings. The van der Waals surface area contributed by atoms with Crippen molar-refractivity contribution in [1.82, 2.24) is 0 Å². The molecule has 7 heteroatoms. The normalized spacial score (nSPS) is 19.5. The van der Waals surface area contributed by atoms with Gasteiger partial charge in [0.25, 0.3) is 6.29 Å². The predicted octanol–water partition coefficient (Wildman–Crippen LogP) is -0.248. The predicted molar refractivity (Wildman–Crippen MR) is 43.5 cm³/mol. The van der Waals surface area contributed by atoms with Gasteiger partial charge < -0.3 is 18.9 Å². The van der Waals surface area contributed by atoms with Crippen molar-refractivity contribution in [3.63, 3.8) is 0 Å². The van der Waals surface area contributed by atoms with Crippen LogP contribution < -0.4 is 0 Å². The molecular weight excluding hydrogens is 208 g/mol. The zero-order chi connectivity index (χ0) is 11.3. The molecule has 1 unspecified atom stereocenters. The van der Waals surface area contributed by atoms with Crippen LogP contribution in [0.1, 0.15) is 0 Å². The number of hydrogen-bond donors (Lipinski definition) is 0. The number of ether oxygens (including phenoxy) is 4. The quantitative estimate of drug-likeness (QED) is 0.365. The Morgan fingerprint density at radius 1 is 1.40 bits per heavy atom. The summed E-state index contributed by atoms with van der Waals surface area (Å²) in [6.45, 7) is -0.156. The first-order valence-electron chi connectivity index (χ1n) is 3.92. The van der Waals surface area contributed by atoms with Gasteiger partial charge in [0.15, 0.2) is 6.61 Å². The van der Waals surface area contributed by atoms with Crippen molar-refractivity contribution in [3.8, 4) is 0 Å². The van der Waals surface area contributed by atoms with Gasteiger partial charge in [-0.1, -0.05) is 0 Å². The van der Waals surface area contributed by atoms with Crippen molar-refractivity contribution in [1.29, 1.82) is 0 Å². The maximum absolute atomic E-state index is 11.0. The van der Waals surface area contributed by atoms with Gasteiger partial charge in [-0.3, -0.25) is 0 Å². The van der Waals surface area contributed by atoms with E-state index in [2.05, 4.69) is 18.9 Å². The van der Waals surface area contributed by atoms with Crippen LogP contribution in [0.3, 0.4) is 0 Å². The maximum atomic E-state index is 11.0. The molecule has 0 aromatic carbocycles. The Morgan fingerprint density at radius 3 is 2.60 bits per heavy atom. The van der Waals surface area contributed by atoms with Crippen LogP contribution >= 0.6 is 0 Å². The minimum atomic E-state index is -1.06. The molecule has 15 heavy (non-hydrogen) atoms. The molecule has 0 radical (unpaired) electrons. The first kappa shape index (κ1) is 11.0. The summed E-state index contributed by atoms with van der Waals surface area (Å²) >= 11 is 0. The van der Waals surface area contributed by atoms with Gasteiger partial charge in [0.05, 0.1) is 7.11 Å². The molecule has 0 amide bonds. The third-order valence-electron chi connectivity index (χ3n) is 1.37. The number of rotatable bonds is 3. The average Bonchev–Trinajstić information content (AvgIpc) is 2.60. The summed E-state index contributed by atoms with van der Waals surface area (Å²) in [5.41, 5.74) is 0. The van der Waals surface area contributed by atoms with Crippen LogP contribution in [0.25, 0.3) is 0 Å². The number of cyclic esters (lactones) is 2. The van der Waals surface area contributed by atoms with Gasteiger partial charge in [0, 0.05) is 12.2 Å². The summed E-state index contributed by atoms with van der Waals surface area (Å²) in [5.74, 6) is -1.52. The minimum absolute atomic E-state index is 0.156. The first-order chi connectivity index (χ1) is 7.11.